The van der Waals surface area contributed by atoms with Gasteiger partial charge in [0.25, 0.3) is 11.7 Å². The standard InChI is InChI=1S/C28H27NO6/c1-16-8-6-11-22(17(16)2)29-25(18-9-7-10-19(14-18)33-3)24(27(31)28(29)32)26(30)21-15-20(34-4)12-13-23(21)35-5/h6-15,25,30H,1-5H3/b26-24+. The number of ketones is 1. The zero-order chi connectivity index (χ0) is 25.3. The average molecular weight is 474 g/mol. The average Bonchev–Trinajstić information content (AvgIpc) is 3.15. The molecule has 1 aliphatic rings. The molecule has 0 bridgehead atoms. The molecule has 7 nitrogen and oxygen atoms in total. The summed E-state index contributed by atoms with van der Waals surface area (Å²) in [5.74, 6) is -0.497. The molecule has 180 valence electrons. The van der Waals surface area contributed by atoms with E-state index in [1.165, 1.54) is 19.1 Å². The number of hydrogen-bond donors (Lipinski definition) is 1. The summed E-state index contributed by atoms with van der Waals surface area (Å²) >= 11 is 0. The second kappa shape index (κ2) is 9.54. The van der Waals surface area contributed by atoms with E-state index in [2.05, 4.69) is 0 Å². The molecule has 1 atom stereocenters. The van der Waals surface area contributed by atoms with Crippen LogP contribution in [0, 0.1) is 13.8 Å². The van der Waals surface area contributed by atoms with E-state index in [4.69, 9.17) is 14.2 Å². The van der Waals surface area contributed by atoms with Crippen molar-refractivity contribution in [3.63, 3.8) is 0 Å². The number of benzene rings is 3. The summed E-state index contributed by atoms with van der Waals surface area (Å²) in [5.41, 5.74) is 3.25. The molecule has 0 aromatic heterocycles. The van der Waals surface area contributed by atoms with E-state index in [1.54, 1.807) is 55.6 Å². The number of methoxy groups -OCH3 is 3. The molecule has 1 fully saturated rings. The minimum atomic E-state index is -0.887. The summed E-state index contributed by atoms with van der Waals surface area (Å²) in [6, 6.07) is 16.7. The molecule has 1 heterocycles. The molecular formula is C28H27NO6. The van der Waals surface area contributed by atoms with Gasteiger partial charge in [0.1, 0.15) is 23.0 Å². The Labute approximate surface area is 204 Å². The first kappa shape index (κ1) is 23.9. The van der Waals surface area contributed by atoms with Gasteiger partial charge in [-0.1, -0.05) is 24.3 Å². The van der Waals surface area contributed by atoms with Gasteiger partial charge in [-0.05, 0) is 66.9 Å². The molecule has 35 heavy (non-hydrogen) atoms. The first-order valence-corrected chi connectivity index (χ1v) is 11.1. The van der Waals surface area contributed by atoms with E-state index < -0.39 is 17.7 Å². The number of aliphatic hydroxyl groups is 1. The molecule has 4 rings (SSSR count). The predicted octanol–water partition coefficient (Wildman–Crippen LogP) is 4.96. The molecule has 1 amide bonds. The molecule has 7 heteroatoms. The van der Waals surface area contributed by atoms with Crippen LogP contribution < -0.4 is 19.1 Å². The van der Waals surface area contributed by atoms with Crippen LogP contribution in [0.5, 0.6) is 17.2 Å². The van der Waals surface area contributed by atoms with Crippen molar-refractivity contribution in [2.45, 2.75) is 19.9 Å². The van der Waals surface area contributed by atoms with E-state index in [1.807, 2.05) is 26.0 Å². The highest BCUT2D eigenvalue weighted by molar-refractivity contribution is 6.51. The number of aryl methyl sites for hydroxylation is 1. The molecule has 0 radical (unpaired) electrons. The molecule has 1 aliphatic heterocycles. The lowest BCUT2D eigenvalue weighted by Crippen LogP contribution is -2.30. The van der Waals surface area contributed by atoms with E-state index >= 15 is 0 Å². The Balaban J connectivity index is 2.03. The highest BCUT2D eigenvalue weighted by Crippen LogP contribution is 2.45. The summed E-state index contributed by atoms with van der Waals surface area (Å²) in [6.07, 6.45) is 0. The fourth-order valence-electron chi connectivity index (χ4n) is 4.35. The zero-order valence-electron chi connectivity index (χ0n) is 20.3. The largest absolute Gasteiger partial charge is 0.507 e. The van der Waals surface area contributed by atoms with Crippen LogP contribution in [0.1, 0.15) is 28.3 Å². The third kappa shape index (κ3) is 4.10. The molecule has 3 aromatic rings. The summed E-state index contributed by atoms with van der Waals surface area (Å²) < 4.78 is 16.1. The maximum Gasteiger partial charge on any atom is 0.300 e. The summed E-state index contributed by atoms with van der Waals surface area (Å²) in [7, 11) is 4.51. The summed E-state index contributed by atoms with van der Waals surface area (Å²) in [5, 5.41) is 11.5. The smallest absolute Gasteiger partial charge is 0.300 e. The lowest BCUT2D eigenvalue weighted by Gasteiger charge is -2.27. The second-order valence-electron chi connectivity index (χ2n) is 8.23. The molecule has 1 saturated heterocycles. The first-order valence-electron chi connectivity index (χ1n) is 11.1. The van der Waals surface area contributed by atoms with Gasteiger partial charge >= 0.3 is 0 Å². The molecular weight excluding hydrogens is 446 g/mol. The van der Waals surface area contributed by atoms with Crippen molar-refractivity contribution in [2.24, 2.45) is 0 Å². The van der Waals surface area contributed by atoms with Crippen LogP contribution in [0.2, 0.25) is 0 Å². The van der Waals surface area contributed by atoms with Gasteiger partial charge < -0.3 is 19.3 Å². The fraction of sp³-hybridized carbons (Fsp3) is 0.214. The van der Waals surface area contributed by atoms with Gasteiger partial charge in [0.15, 0.2) is 0 Å². The Morgan fingerprint density at radius 1 is 0.857 bits per heavy atom. The number of anilines is 1. The van der Waals surface area contributed by atoms with Crippen LogP contribution in [-0.4, -0.2) is 38.1 Å². The first-order chi connectivity index (χ1) is 16.8. The maximum absolute atomic E-state index is 13.5. The number of carbonyl (C=O) groups excluding carboxylic acids is 2. The number of hydrogen-bond acceptors (Lipinski definition) is 6. The van der Waals surface area contributed by atoms with Crippen LogP contribution in [0.3, 0.4) is 0 Å². The van der Waals surface area contributed by atoms with Crippen molar-refractivity contribution < 1.29 is 28.9 Å². The van der Waals surface area contributed by atoms with Gasteiger partial charge in [-0.25, -0.2) is 0 Å². The molecule has 0 spiro atoms. The maximum atomic E-state index is 13.5. The number of amides is 1. The molecule has 0 saturated carbocycles. The van der Waals surface area contributed by atoms with Gasteiger partial charge in [0, 0.05) is 5.69 Å². The fourth-order valence-corrected chi connectivity index (χ4v) is 4.35. The van der Waals surface area contributed by atoms with Crippen molar-refractivity contribution in [2.75, 3.05) is 26.2 Å². The minimum Gasteiger partial charge on any atom is -0.507 e. The summed E-state index contributed by atoms with van der Waals surface area (Å²) in [4.78, 5) is 28.4. The molecule has 3 aromatic carbocycles. The van der Waals surface area contributed by atoms with E-state index in [0.29, 0.717) is 28.5 Å². The lowest BCUT2D eigenvalue weighted by molar-refractivity contribution is -0.132. The van der Waals surface area contributed by atoms with E-state index in [-0.39, 0.29) is 16.9 Å². The lowest BCUT2D eigenvalue weighted by atomic mass is 9.94. The van der Waals surface area contributed by atoms with Crippen LogP contribution >= 0.6 is 0 Å². The third-order valence-corrected chi connectivity index (χ3v) is 6.35. The van der Waals surface area contributed by atoms with Crippen molar-refractivity contribution in [1.29, 1.82) is 0 Å². The van der Waals surface area contributed by atoms with E-state index in [0.717, 1.165) is 11.1 Å². The quantitative estimate of drug-likeness (QED) is 0.310. The monoisotopic (exact) mass is 473 g/mol. The third-order valence-electron chi connectivity index (χ3n) is 6.35. The topological polar surface area (TPSA) is 85.3 Å². The second-order valence-corrected chi connectivity index (χ2v) is 8.23. The number of nitrogens with zero attached hydrogens (tertiary/aromatic N) is 1. The highest BCUT2D eigenvalue weighted by Gasteiger charge is 2.47. The Morgan fingerprint density at radius 2 is 1.54 bits per heavy atom. The molecule has 1 N–H and O–H groups in total. The predicted molar refractivity (Wildman–Crippen MR) is 133 cm³/mol. The van der Waals surface area contributed by atoms with Crippen molar-refractivity contribution >= 4 is 23.1 Å². The Kier molecular flexibility index (Phi) is 6.51. The molecule has 1 unspecified atom stereocenters. The van der Waals surface area contributed by atoms with Crippen LogP contribution in [0.15, 0.2) is 66.2 Å². The SMILES string of the molecule is COc1cccc(C2/C(=C(\O)c3cc(OC)ccc3OC)C(=O)C(=O)N2c2cccc(C)c2C)c1. The van der Waals surface area contributed by atoms with Gasteiger partial charge in [0.2, 0.25) is 0 Å². The van der Waals surface area contributed by atoms with Crippen LogP contribution in [0.25, 0.3) is 5.76 Å². The zero-order valence-corrected chi connectivity index (χ0v) is 20.3. The number of aliphatic hydroxyl groups excluding tert-OH is 1. The minimum absolute atomic E-state index is 0.0456. The number of ether oxygens (including phenoxy) is 3. The van der Waals surface area contributed by atoms with Gasteiger partial charge in [0.05, 0.1) is 38.5 Å². The van der Waals surface area contributed by atoms with Crippen molar-refractivity contribution in [3.8, 4) is 17.2 Å². The number of Topliss-reactive ketones (excluding diaryl/α,β-unsaturated/α-hetero) is 1. The Morgan fingerprint density at radius 3 is 2.23 bits per heavy atom. The van der Waals surface area contributed by atoms with Gasteiger partial charge in [-0.2, -0.15) is 0 Å². The van der Waals surface area contributed by atoms with Crippen LogP contribution in [0.4, 0.5) is 5.69 Å². The van der Waals surface area contributed by atoms with Gasteiger partial charge in [-0.15, -0.1) is 0 Å². The van der Waals surface area contributed by atoms with Crippen LogP contribution in [-0.2, 0) is 9.59 Å². The normalized spacial score (nSPS) is 16.9. The number of rotatable bonds is 6. The Bertz CT molecular complexity index is 1340. The molecule has 0 aliphatic carbocycles. The summed E-state index contributed by atoms with van der Waals surface area (Å²) in [6.45, 7) is 3.84. The van der Waals surface area contributed by atoms with Crippen molar-refractivity contribution in [1.82, 2.24) is 0 Å². The number of carbonyl (C=O) groups is 2. The highest BCUT2D eigenvalue weighted by atomic mass is 16.5. The van der Waals surface area contributed by atoms with E-state index in [9.17, 15) is 14.7 Å². The van der Waals surface area contributed by atoms with Crippen molar-refractivity contribution in [3.05, 3.63) is 88.5 Å². The van der Waals surface area contributed by atoms with Gasteiger partial charge in [-0.3, -0.25) is 14.5 Å². The Hall–Kier alpha value is -4.26.